The Labute approximate surface area is 527 Å². The van der Waals surface area contributed by atoms with Crippen molar-refractivity contribution >= 4 is 64.5 Å². The number of urea groups is 3. The van der Waals surface area contributed by atoms with Crippen LogP contribution in [0.1, 0.15) is 97.1 Å². The third-order valence-electron chi connectivity index (χ3n) is 16.2. The van der Waals surface area contributed by atoms with Gasteiger partial charge in [0.15, 0.2) is 0 Å². The predicted molar refractivity (Wildman–Crippen MR) is 315 cm³/mol. The second-order valence-electron chi connectivity index (χ2n) is 22.6. The van der Waals surface area contributed by atoms with Crippen LogP contribution in [0.5, 0.6) is 0 Å². The van der Waals surface area contributed by atoms with Gasteiger partial charge in [-0.25, -0.2) is 47.1 Å². The van der Waals surface area contributed by atoms with E-state index in [2.05, 4.69) is 31.2 Å². The average molecular weight is 1300 g/mol. The summed E-state index contributed by atoms with van der Waals surface area (Å²) in [4.78, 5) is 98.1. The molecule has 9 amide bonds. The number of nitrogens with zero attached hydrogens (tertiary/aromatic N) is 14. The van der Waals surface area contributed by atoms with Gasteiger partial charge in [0.1, 0.15) is 71.7 Å². The highest BCUT2D eigenvalue weighted by atomic mass is 35.5. The molecule has 0 fully saturated rings. The highest BCUT2D eigenvalue weighted by molar-refractivity contribution is 6.31. The topological polar surface area (TPSA) is 327 Å². The molecule has 33 heteroatoms. The summed E-state index contributed by atoms with van der Waals surface area (Å²) in [5, 5.41) is 61.6. The van der Waals surface area contributed by atoms with E-state index in [0.29, 0.717) is 64.4 Å². The Morgan fingerprint density at radius 1 is 0.554 bits per heavy atom. The smallest absolute Gasteiger partial charge is 0.322 e. The molecular weight excluding hydrogens is 1230 g/mol. The minimum atomic E-state index is -0.832. The van der Waals surface area contributed by atoms with E-state index in [-0.39, 0.29) is 104 Å². The Kier molecular flexibility index (Phi) is 19.2. The molecule has 0 spiro atoms. The van der Waals surface area contributed by atoms with Crippen LogP contribution in [-0.2, 0) is 73.0 Å². The number of nitrogens with one attached hydrogen (secondary N) is 3. The molecule has 484 valence electrons. The van der Waals surface area contributed by atoms with Crippen LogP contribution in [0.3, 0.4) is 0 Å². The third-order valence-corrected chi connectivity index (χ3v) is 16.5. The minimum Gasteiger partial charge on any atom is -0.393 e. The normalized spacial score (nSPS) is 20.8. The first-order valence-corrected chi connectivity index (χ1v) is 29.2. The number of hydrogen-bond donors (Lipinski definition) is 5. The molecule has 92 heavy (non-hydrogen) atoms. The number of benzene rings is 3. The van der Waals surface area contributed by atoms with Gasteiger partial charge in [0.05, 0.1) is 85.7 Å². The van der Waals surface area contributed by atoms with E-state index in [0.717, 1.165) is 38.7 Å². The lowest BCUT2D eigenvalue weighted by molar-refractivity contribution is -0.159. The Morgan fingerprint density at radius 3 is 1.18 bits per heavy atom. The molecule has 28 nitrogen and oxygen atoms in total. The van der Waals surface area contributed by atoms with Gasteiger partial charge in [0, 0.05) is 92.3 Å². The maximum atomic E-state index is 13.6. The van der Waals surface area contributed by atoms with Crippen molar-refractivity contribution in [2.24, 2.45) is 0 Å². The maximum Gasteiger partial charge on any atom is 0.322 e. The number of aliphatic hydroxyl groups excluding tert-OH is 2. The van der Waals surface area contributed by atoms with Gasteiger partial charge < -0.3 is 40.9 Å². The number of aromatic nitrogens is 6. The van der Waals surface area contributed by atoms with Gasteiger partial charge >= 0.3 is 18.1 Å². The van der Waals surface area contributed by atoms with Gasteiger partial charge in [-0.3, -0.25) is 42.9 Å². The lowest BCUT2D eigenvalue weighted by Gasteiger charge is -2.33. The van der Waals surface area contributed by atoms with Gasteiger partial charge in [-0.2, -0.15) is 25.8 Å². The van der Waals surface area contributed by atoms with E-state index in [1.165, 1.54) is 77.9 Å². The van der Waals surface area contributed by atoms with Gasteiger partial charge in [-0.05, 0) is 75.4 Å². The fourth-order valence-corrected chi connectivity index (χ4v) is 11.6. The molecule has 0 saturated heterocycles. The summed E-state index contributed by atoms with van der Waals surface area (Å²) in [5.74, 6) is -3.16. The molecule has 6 atom stereocenters. The SMILES string of the molecule is CC1Cc2nn3c(c2CN1C(=O)Nc1ccc(F)c(C#N)c1)C(=O)N(C)OC(CF)C3.CC1Cc2nn3c(c2CN1C(=O)Nc1ccc(F)c(C#N)c1)C(=O)N(C)OC(CO)C3.CC1Cc2nn3c(c2CN1C(=O)Nc1ccc(F)c(Cl)c1)C(=O)N(C)OC(CO)C3. The standard InChI is InChI=1S/C20H20F2N6O3.C20H21FN6O4.C19H21ClFN5O4/c1-11-5-17-15(18-19(29)26(2)31-14(7-21)9-28(18)25-17)10-27(11)20(30)24-13-3-4-16(22)12(6-13)8-23;1-11-5-17-15(18-19(29)25(2)31-14(10-28)8-27(18)24-17)9-26(11)20(30)23-13-3-4-16(21)12(6-13)7-22;1-10-5-16-13(17-18(28)24(2)30-12(9-27)7-26(17)23-16)8-25(10)19(29)22-11-3-4-15(21)14(20)6-11/h3-4,6,11,14H,5,7,9-10H2,1-2H3,(H,24,30);3-4,6,11,14,28H,5,8-10H2,1-2H3,(H,23,30);3-4,6,10,12,27H,5,7-9H2,1-2H3,(H,22,29). The van der Waals surface area contributed by atoms with Crippen molar-refractivity contribution in [2.75, 3.05) is 57.0 Å². The molecule has 6 unspecified atom stereocenters. The Bertz CT molecular complexity index is 3830. The Balaban J connectivity index is 0.000000151. The van der Waals surface area contributed by atoms with Crippen LogP contribution in [-0.4, -0.2) is 183 Å². The number of alkyl halides is 1. The van der Waals surface area contributed by atoms with E-state index < -0.39 is 72.3 Å². The quantitative estimate of drug-likeness (QED) is 0.128. The van der Waals surface area contributed by atoms with E-state index >= 15 is 0 Å². The number of rotatable bonds is 6. The van der Waals surface area contributed by atoms with Crippen LogP contribution in [0.25, 0.3) is 0 Å². The lowest BCUT2D eigenvalue weighted by Crippen LogP contribution is -2.45. The van der Waals surface area contributed by atoms with E-state index in [1.54, 1.807) is 26.6 Å². The zero-order chi connectivity index (χ0) is 66.1. The zero-order valence-electron chi connectivity index (χ0n) is 50.4. The van der Waals surface area contributed by atoms with Crippen LogP contribution in [0, 0.1) is 40.1 Å². The molecule has 12 rings (SSSR count). The van der Waals surface area contributed by atoms with Crippen LogP contribution < -0.4 is 16.0 Å². The number of carbonyl (C=O) groups is 6. The van der Waals surface area contributed by atoms with Gasteiger partial charge in [-0.15, -0.1) is 0 Å². The second-order valence-corrected chi connectivity index (χ2v) is 23.0. The number of halogens is 5. The van der Waals surface area contributed by atoms with E-state index in [1.807, 2.05) is 20.8 Å². The van der Waals surface area contributed by atoms with Crippen LogP contribution in [0.2, 0.25) is 5.02 Å². The second kappa shape index (κ2) is 27.0. The summed E-state index contributed by atoms with van der Waals surface area (Å²) in [6.07, 6.45) is -0.719. The number of hydroxylamine groups is 6. The first-order chi connectivity index (χ1) is 43.9. The average Bonchev–Trinajstić information content (AvgIpc) is 1.62. The number of amides is 9. The minimum absolute atomic E-state index is 0.0853. The lowest BCUT2D eigenvalue weighted by atomic mass is 9.99. The highest BCUT2D eigenvalue weighted by Crippen LogP contribution is 2.34. The monoisotopic (exact) mass is 1300 g/mol. The molecular formula is C59H62ClF4N17O11. The van der Waals surface area contributed by atoms with Gasteiger partial charge in [0.25, 0.3) is 17.7 Å². The maximum absolute atomic E-state index is 13.6. The van der Waals surface area contributed by atoms with Crippen LogP contribution in [0.15, 0.2) is 54.6 Å². The molecule has 0 radical (unpaired) electrons. The third kappa shape index (κ3) is 13.2. The first-order valence-electron chi connectivity index (χ1n) is 28.9. The van der Waals surface area contributed by atoms with Crippen LogP contribution >= 0.6 is 11.6 Å². The predicted octanol–water partition coefficient (Wildman–Crippen LogP) is 5.51. The van der Waals surface area contributed by atoms with Gasteiger partial charge in [0.2, 0.25) is 0 Å². The number of anilines is 3. The Morgan fingerprint density at radius 2 is 0.870 bits per heavy atom. The molecule has 3 aromatic heterocycles. The number of hydrogen-bond acceptors (Lipinski definition) is 16. The summed E-state index contributed by atoms with van der Waals surface area (Å²) in [6.45, 7) is 5.27. The van der Waals surface area contributed by atoms with Crippen molar-refractivity contribution in [2.45, 2.75) is 116 Å². The highest BCUT2D eigenvalue weighted by Gasteiger charge is 2.41. The molecule has 5 N–H and O–H groups in total. The molecule has 0 aliphatic carbocycles. The largest absolute Gasteiger partial charge is 0.393 e. The van der Waals surface area contributed by atoms with Crippen molar-refractivity contribution in [1.29, 1.82) is 10.5 Å². The van der Waals surface area contributed by atoms with Gasteiger partial charge in [-0.1, -0.05) is 11.6 Å². The molecule has 3 aromatic carbocycles. The molecule has 9 heterocycles. The molecule has 0 saturated carbocycles. The summed E-state index contributed by atoms with van der Waals surface area (Å²) < 4.78 is 58.2. The van der Waals surface area contributed by atoms with Crippen molar-refractivity contribution in [3.05, 3.63) is 139 Å². The molecule has 6 aliphatic rings. The fourth-order valence-electron chi connectivity index (χ4n) is 11.5. The van der Waals surface area contributed by atoms with Crippen molar-refractivity contribution in [1.82, 2.24) is 59.2 Å². The first kappa shape index (κ1) is 65.3. The molecule has 6 aromatic rings. The van der Waals surface area contributed by atoms with Crippen molar-refractivity contribution < 1.29 is 71.1 Å². The summed E-state index contributed by atoms with van der Waals surface area (Å²) >= 11 is 5.79. The molecule has 0 bridgehead atoms. The Hall–Kier alpha value is -9.70. The van der Waals surface area contributed by atoms with E-state index in [4.69, 9.17) is 36.6 Å². The summed E-state index contributed by atoms with van der Waals surface area (Å²) in [7, 11) is 4.36. The molecule has 6 aliphatic heterocycles. The summed E-state index contributed by atoms with van der Waals surface area (Å²) in [6, 6.07) is 13.0. The number of fused-ring (bicyclic) bond motifs is 9. The fraction of sp³-hybridized carbons (Fsp3) is 0.407. The van der Waals surface area contributed by atoms with Crippen molar-refractivity contribution in [3.8, 4) is 12.1 Å². The number of nitriles is 2. The number of aliphatic hydroxyl groups is 2. The van der Waals surface area contributed by atoms with E-state index in [9.17, 15) is 56.5 Å². The number of carbonyl (C=O) groups excluding carboxylic acids is 6. The van der Waals surface area contributed by atoms with Crippen molar-refractivity contribution in [3.63, 3.8) is 0 Å². The summed E-state index contributed by atoms with van der Waals surface area (Å²) in [5.41, 5.74) is 5.56. The zero-order valence-corrected chi connectivity index (χ0v) is 51.1. The van der Waals surface area contributed by atoms with Crippen LogP contribution in [0.4, 0.5) is 49.0 Å².